The second-order valence-corrected chi connectivity index (χ2v) is 7.14. The van der Waals surface area contributed by atoms with Gasteiger partial charge in [-0.15, -0.1) is 0 Å². The number of nitrogens with zero attached hydrogens (tertiary/aromatic N) is 1. The first-order chi connectivity index (χ1) is 10.2. The molecular formula is C15H15NO5S. The van der Waals surface area contributed by atoms with Gasteiger partial charge in [-0.05, 0) is 24.6 Å². The standard InChI is InChI=1S/C15H15NO5S/c1-15(17,12-5-3-2-4-6-12)11-22(20,21)14-9-7-13(8-10-14)16(18)19/h2-10,17H,11H2,1H3. The van der Waals surface area contributed by atoms with Crippen LogP contribution in [0, 0.1) is 10.1 Å². The summed E-state index contributed by atoms with van der Waals surface area (Å²) in [6.07, 6.45) is 0. The van der Waals surface area contributed by atoms with E-state index >= 15 is 0 Å². The molecule has 1 atom stereocenters. The van der Waals surface area contributed by atoms with Gasteiger partial charge in [-0.1, -0.05) is 30.3 Å². The molecule has 2 aromatic rings. The number of nitro benzene ring substituents is 1. The quantitative estimate of drug-likeness (QED) is 0.673. The maximum absolute atomic E-state index is 12.4. The molecule has 0 aromatic heterocycles. The van der Waals surface area contributed by atoms with Crippen LogP contribution in [0.2, 0.25) is 0 Å². The van der Waals surface area contributed by atoms with E-state index in [4.69, 9.17) is 0 Å². The summed E-state index contributed by atoms with van der Waals surface area (Å²) in [4.78, 5) is 9.93. The third-order valence-electron chi connectivity index (χ3n) is 3.27. The third-order valence-corrected chi connectivity index (χ3v) is 5.21. The Kier molecular flexibility index (Phi) is 4.30. The predicted molar refractivity (Wildman–Crippen MR) is 81.2 cm³/mol. The lowest BCUT2D eigenvalue weighted by Crippen LogP contribution is -2.31. The van der Waals surface area contributed by atoms with Gasteiger partial charge in [0.15, 0.2) is 9.84 Å². The van der Waals surface area contributed by atoms with Crippen molar-refractivity contribution in [1.82, 2.24) is 0 Å². The van der Waals surface area contributed by atoms with Crippen LogP contribution in [0.1, 0.15) is 12.5 Å². The summed E-state index contributed by atoms with van der Waals surface area (Å²) < 4.78 is 24.7. The Balaban J connectivity index is 2.29. The highest BCUT2D eigenvalue weighted by molar-refractivity contribution is 7.91. The Hall–Kier alpha value is -2.25. The normalized spacial score (nSPS) is 14.3. The zero-order chi connectivity index (χ0) is 16.4. The Morgan fingerprint density at radius 2 is 1.64 bits per heavy atom. The molecule has 0 fully saturated rings. The van der Waals surface area contributed by atoms with Crippen LogP contribution >= 0.6 is 0 Å². The molecule has 0 saturated carbocycles. The molecule has 0 amide bonds. The maximum atomic E-state index is 12.4. The number of rotatable bonds is 5. The first kappa shape index (κ1) is 16.1. The molecule has 0 bridgehead atoms. The predicted octanol–water partition coefficient (Wildman–Crippen LogP) is 2.28. The van der Waals surface area contributed by atoms with Gasteiger partial charge in [0.25, 0.3) is 5.69 Å². The van der Waals surface area contributed by atoms with E-state index in [-0.39, 0.29) is 10.6 Å². The molecular weight excluding hydrogens is 306 g/mol. The van der Waals surface area contributed by atoms with Crippen molar-refractivity contribution in [3.05, 3.63) is 70.3 Å². The lowest BCUT2D eigenvalue weighted by atomic mass is 9.99. The summed E-state index contributed by atoms with van der Waals surface area (Å²) in [5, 5.41) is 21.0. The van der Waals surface area contributed by atoms with Gasteiger partial charge in [0, 0.05) is 12.1 Å². The van der Waals surface area contributed by atoms with Gasteiger partial charge in [0.2, 0.25) is 0 Å². The number of aliphatic hydroxyl groups is 1. The van der Waals surface area contributed by atoms with Crippen molar-refractivity contribution in [2.24, 2.45) is 0 Å². The molecule has 2 aromatic carbocycles. The number of benzene rings is 2. The van der Waals surface area contributed by atoms with Gasteiger partial charge in [-0.3, -0.25) is 10.1 Å². The van der Waals surface area contributed by atoms with Crippen molar-refractivity contribution in [3.63, 3.8) is 0 Å². The summed E-state index contributed by atoms with van der Waals surface area (Å²) in [5.74, 6) is -0.512. The van der Waals surface area contributed by atoms with E-state index < -0.39 is 26.1 Å². The molecule has 116 valence electrons. The van der Waals surface area contributed by atoms with E-state index in [1.807, 2.05) is 0 Å². The summed E-state index contributed by atoms with van der Waals surface area (Å²) >= 11 is 0. The fourth-order valence-corrected chi connectivity index (χ4v) is 3.73. The molecule has 0 saturated heterocycles. The van der Waals surface area contributed by atoms with Gasteiger partial charge in [0.05, 0.1) is 15.6 Å². The Morgan fingerprint density at radius 3 is 2.14 bits per heavy atom. The fraction of sp³-hybridized carbons (Fsp3) is 0.200. The van der Waals surface area contributed by atoms with E-state index in [9.17, 15) is 23.6 Å². The van der Waals surface area contributed by atoms with Crippen LogP contribution in [0.25, 0.3) is 0 Å². The van der Waals surface area contributed by atoms with Crippen LogP contribution < -0.4 is 0 Å². The van der Waals surface area contributed by atoms with Crippen molar-refractivity contribution < 1.29 is 18.4 Å². The average molecular weight is 321 g/mol. The van der Waals surface area contributed by atoms with Crippen LogP contribution in [0.4, 0.5) is 5.69 Å². The van der Waals surface area contributed by atoms with Crippen LogP contribution in [0.15, 0.2) is 59.5 Å². The summed E-state index contributed by atoms with van der Waals surface area (Å²) in [6, 6.07) is 13.1. The van der Waals surface area contributed by atoms with Gasteiger partial charge >= 0.3 is 0 Å². The lowest BCUT2D eigenvalue weighted by Gasteiger charge is -2.23. The van der Waals surface area contributed by atoms with E-state index in [1.54, 1.807) is 30.3 Å². The van der Waals surface area contributed by atoms with Crippen LogP contribution in [-0.4, -0.2) is 24.2 Å². The van der Waals surface area contributed by atoms with Crippen molar-refractivity contribution in [1.29, 1.82) is 0 Å². The molecule has 0 aliphatic carbocycles. The van der Waals surface area contributed by atoms with Crippen molar-refractivity contribution in [2.45, 2.75) is 17.4 Å². The second-order valence-electron chi connectivity index (χ2n) is 5.15. The van der Waals surface area contributed by atoms with Crippen LogP contribution in [0.3, 0.4) is 0 Å². The highest BCUT2D eigenvalue weighted by Gasteiger charge is 2.31. The van der Waals surface area contributed by atoms with Gasteiger partial charge in [-0.2, -0.15) is 0 Å². The van der Waals surface area contributed by atoms with Gasteiger partial charge in [0.1, 0.15) is 5.60 Å². The van der Waals surface area contributed by atoms with E-state index in [2.05, 4.69) is 0 Å². The van der Waals surface area contributed by atoms with Crippen LogP contribution in [-0.2, 0) is 15.4 Å². The zero-order valence-corrected chi connectivity index (χ0v) is 12.7. The molecule has 1 unspecified atom stereocenters. The number of non-ortho nitro benzene ring substituents is 1. The molecule has 0 radical (unpaired) electrons. The molecule has 6 nitrogen and oxygen atoms in total. The van der Waals surface area contributed by atoms with Gasteiger partial charge < -0.3 is 5.11 Å². The molecule has 0 aliphatic heterocycles. The first-order valence-electron chi connectivity index (χ1n) is 6.47. The van der Waals surface area contributed by atoms with Crippen LogP contribution in [0.5, 0.6) is 0 Å². The monoisotopic (exact) mass is 321 g/mol. The Labute approximate surface area is 128 Å². The molecule has 0 heterocycles. The largest absolute Gasteiger partial charge is 0.384 e. The highest BCUT2D eigenvalue weighted by atomic mass is 32.2. The topological polar surface area (TPSA) is 97.5 Å². The fourth-order valence-electron chi connectivity index (χ4n) is 2.11. The lowest BCUT2D eigenvalue weighted by molar-refractivity contribution is -0.384. The highest BCUT2D eigenvalue weighted by Crippen LogP contribution is 2.26. The zero-order valence-electron chi connectivity index (χ0n) is 11.8. The van der Waals surface area contributed by atoms with Gasteiger partial charge in [-0.25, -0.2) is 8.42 Å². The second kappa shape index (κ2) is 5.86. The molecule has 2 rings (SSSR count). The Bertz CT molecular complexity index is 767. The SMILES string of the molecule is CC(O)(CS(=O)(=O)c1ccc([N+](=O)[O-])cc1)c1ccccc1. The van der Waals surface area contributed by atoms with Crippen molar-refractivity contribution in [2.75, 3.05) is 5.75 Å². The first-order valence-corrected chi connectivity index (χ1v) is 8.13. The molecule has 0 aliphatic rings. The number of hydrogen-bond donors (Lipinski definition) is 1. The number of hydrogen-bond acceptors (Lipinski definition) is 5. The third kappa shape index (κ3) is 3.49. The van der Waals surface area contributed by atoms with E-state index in [1.165, 1.54) is 19.1 Å². The number of nitro groups is 1. The smallest absolute Gasteiger partial charge is 0.269 e. The molecule has 7 heteroatoms. The molecule has 0 spiro atoms. The molecule has 1 N–H and O–H groups in total. The minimum atomic E-state index is -3.78. The van der Waals surface area contributed by atoms with Crippen molar-refractivity contribution >= 4 is 15.5 Å². The summed E-state index contributed by atoms with van der Waals surface area (Å²) in [5.41, 5.74) is -1.25. The number of sulfone groups is 1. The summed E-state index contributed by atoms with van der Waals surface area (Å²) in [7, 11) is -3.78. The summed E-state index contributed by atoms with van der Waals surface area (Å²) in [6.45, 7) is 1.42. The minimum Gasteiger partial charge on any atom is -0.384 e. The van der Waals surface area contributed by atoms with E-state index in [0.717, 1.165) is 12.1 Å². The maximum Gasteiger partial charge on any atom is 0.269 e. The van der Waals surface area contributed by atoms with E-state index in [0.29, 0.717) is 5.56 Å². The molecule has 22 heavy (non-hydrogen) atoms. The Morgan fingerprint density at radius 1 is 1.09 bits per heavy atom. The van der Waals surface area contributed by atoms with Crippen molar-refractivity contribution in [3.8, 4) is 0 Å². The minimum absolute atomic E-state index is 0.0608. The average Bonchev–Trinajstić information content (AvgIpc) is 2.47.